The molecule has 0 aromatic heterocycles. The molecule has 0 aliphatic carbocycles. The van der Waals surface area contributed by atoms with Gasteiger partial charge in [0.15, 0.2) is 0 Å². The van der Waals surface area contributed by atoms with Crippen LogP contribution in [0.25, 0.3) is 0 Å². The van der Waals surface area contributed by atoms with Crippen LogP contribution in [0.2, 0.25) is 0 Å². The second kappa shape index (κ2) is 13.2. The molecule has 0 bridgehead atoms. The number of ether oxygens (including phenoxy) is 1. The Kier molecular flexibility index (Phi) is 10.2. The third-order valence-corrected chi connectivity index (χ3v) is 7.65. The number of nitrogens with zero attached hydrogens (tertiary/aromatic N) is 2. The second-order valence-corrected chi connectivity index (χ2v) is 13.3. The molecule has 0 fully saturated rings. The predicted molar refractivity (Wildman–Crippen MR) is 163 cm³/mol. The largest absolute Gasteiger partial charge is 0.495 e. The maximum absolute atomic E-state index is 14.2. The minimum absolute atomic E-state index is 0.122. The molecule has 2 amide bonds. The van der Waals surface area contributed by atoms with E-state index in [4.69, 9.17) is 4.74 Å². The van der Waals surface area contributed by atoms with Crippen molar-refractivity contribution in [1.29, 1.82) is 0 Å². The number of nitrogens with one attached hydrogen (secondary N) is 1. The van der Waals surface area contributed by atoms with Gasteiger partial charge in [-0.3, -0.25) is 13.9 Å². The molecular weight excluding hydrogens is 538 g/mol. The van der Waals surface area contributed by atoms with Crippen molar-refractivity contribution in [3.8, 4) is 5.75 Å². The Bertz CT molecular complexity index is 1450. The number of methoxy groups -OCH3 is 1. The first kappa shape index (κ1) is 31.7. The van der Waals surface area contributed by atoms with Crippen molar-refractivity contribution in [2.24, 2.45) is 0 Å². The SMILES string of the molecule is COc1ccc(C)cc1N(CC(=O)N(Cc1ccc(C)cc1)[C@@H](Cc1ccccc1)C(=O)NC(C)(C)C)S(C)(=O)=O. The zero-order valence-corrected chi connectivity index (χ0v) is 25.8. The summed E-state index contributed by atoms with van der Waals surface area (Å²) in [7, 11) is -2.45. The van der Waals surface area contributed by atoms with E-state index in [9.17, 15) is 18.0 Å². The molecule has 3 aromatic rings. The summed E-state index contributed by atoms with van der Waals surface area (Å²) in [6.45, 7) is 9.07. The number of carbonyl (C=O) groups excluding carboxylic acids is 2. The molecule has 0 saturated heterocycles. The highest BCUT2D eigenvalue weighted by Crippen LogP contribution is 2.31. The first-order valence-electron chi connectivity index (χ1n) is 13.5. The van der Waals surface area contributed by atoms with E-state index in [0.29, 0.717) is 5.75 Å². The van der Waals surface area contributed by atoms with Crippen molar-refractivity contribution < 1.29 is 22.7 Å². The number of hydrogen-bond acceptors (Lipinski definition) is 5. The van der Waals surface area contributed by atoms with Gasteiger partial charge in [0.2, 0.25) is 21.8 Å². The summed E-state index contributed by atoms with van der Waals surface area (Å²) in [5.41, 5.74) is 3.29. The van der Waals surface area contributed by atoms with Crippen LogP contribution in [0.5, 0.6) is 5.75 Å². The maximum atomic E-state index is 14.2. The second-order valence-electron chi connectivity index (χ2n) is 11.4. The zero-order chi connectivity index (χ0) is 30.4. The van der Waals surface area contributed by atoms with Crippen LogP contribution in [0.15, 0.2) is 72.8 Å². The van der Waals surface area contributed by atoms with Crippen LogP contribution in [0.1, 0.15) is 43.0 Å². The van der Waals surface area contributed by atoms with E-state index in [2.05, 4.69) is 5.32 Å². The van der Waals surface area contributed by atoms with Crippen LogP contribution in [0, 0.1) is 13.8 Å². The zero-order valence-electron chi connectivity index (χ0n) is 25.0. The van der Waals surface area contributed by atoms with Crippen molar-refractivity contribution in [2.75, 3.05) is 24.2 Å². The number of aryl methyl sites for hydroxylation is 2. The molecule has 0 aliphatic rings. The van der Waals surface area contributed by atoms with E-state index in [1.54, 1.807) is 18.2 Å². The predicted octanol–water partition coefficient (Wildman–Crippen LogP) is 4.63. The smallest absolute Gasteiger partial charge is 0.244 e. The van der Waals surface area contributed by atoms with Gasteiger partial charge in [0, 0.05) is 18.5 Å². The minimum atomic E-state index is -3.90. The van der Waals surface area contributed by atoms with E-state index in [1.807, 2.05) is 89.2 Å². The van der Waals surface area contributed by atoms with Crippen LogP contribution in [-0.2, 0) is 32.6 Å². The van der Waals surface area contributed by atoms with Gasteiger partial charge in [-0.15, -0.1) is 0 Å². The van der Waals surface area contributed by atoms with E-state index in [-0.39, 0.29) is 24.6 Å². The average Bonchev–Trinajstić information content (AvgIpc) is 2.89. The standard InChI is InChI=1S/C32H41N3O5S/c1-23-13-16-26(17-14-23)21-34(28(31(37)33-32(3,4)5)20-25-11-9-8-10-12-25)30(36)22-35(41(7,38)39)27-19-24(2)15-18-29(27)40-6/h8-19,28H,20-22H2,1-7H3,(H,33,37)/t28-/m0/s1. The van der Waals surface area contributed by atoms with Gasteiger partial charge in [-0.2, -0.15) is 0 Å². The lowest BCUT2D eigenvalue weighted by atomic mass is 10.0. The molecule has 3 aromatic carbocycles. The summed E-state index contributed by atoms with van der Waals surface area (Å²) in [4.78, 5) is 29.5. The Labute approximate surface area is 244 Å². The fourth-order valence-electron chi connectivity index (χ4n) is 4.49. The Morgan fingerprint density at radius 3 is 2.07 bits per heavy atom. The lowest BCUT2D eigenvalue weighted by Gasteiger charge is -2.35. The van der Waals surface area contributed by atoms with E-state index >= 15 is 0 Å². The van der Waals surface area contributed by atoms with Gasteiger partial charge in [0.25, 0.3) is 0 Å². The molecule has 3 rings (SSSR count). The van der Waals surface area contributed by atoms with E-state index in [1.165, 1.54) is 12.0 Å². The van der Waals surface area contributed by atoms with Crippen LogP contribution < -0.4 is 14.4 Å². The van der Waals surface area contributed by atoms with Crippen molar-refractivity contribution in [3.63, 3.8) is 0 Å². The molecule has 0 spiro atoms. The maximum Gasteiger partial charge on any atom is 0.244 e. The highest BCUT2D eigenvalue weighted by atomic mass is 32.2. The van der Waals surface area contributed by atoms with Crippen LogP contribution in [0.3, 0.4) is 0 Å². The van der Waals surface area contributed by atoms with Gasteiger partial charge in [-0.1, -0.05) is 66.2 Å². The Morgan fingerprint density at radius 1 is 0.902 bits per heavy atom. The first-order valence-corrected chi connectivity index (χ1v) is 15.4. The molecule has 1 N–H and O–H groups in total. The minimum Gasteiger partial charge on any atom is -0.495 e. The molecule has 8 nitrogen and oxygen atoms in total. The van der Waals surface area contributed by atoms with Gasteiger partial charge in [0.1, 0.15) is 18.3 Å². The molecule has 220 valence electrons. The average molecular weight is 580 g/mol. The van der Waals surface area contributed by atoms with Gasteiger partial charge >= 0.3 is 0 Å². The Morgan fingerprint density at radius 2 is 1.51 bits per heavy atom. The molecule has 1 atom stereocenters. The number of hydrogen-bond donors (Lipinski definition) is 1. The first-order chi connectivity index (χ1) is 19.2. The van der Waals surface area contributed by atoms with Crippen molar-refractivity contribution in [1.82, 2.24) is 10.2 Å². The van der Waals surface area contributed by atoms with Gasteiger partial charge < -0.3 is 15.0 Å². The quantitative estimate of drug-likeness (QED) is 0.357. The number of sulfonamides is 1. The lowest BCUT2D eigenvalue weighted by Crippen LogP contribution is -2.56. The topological polar surface area (TPSA) is 96.0 Å². The number of anilines is 1. The highest BCUT2D eigenvalue weighted by Gasteiger charge is 2.35. The number of benzene rings is 3. The fraction of sp³-hybridized carbons (Fsp3) is 0.375. The molecule has 0 saturated carbocycles. The normalized spacial score (nSPS) is 12.4. The number of carbonyl (C=O) groups is 2. The molecule has 41 heavy (non-hydrogen) atoms. The van der Waals surface area contributed by atoms with Crippen molar-refractivity contribution >= 4 is 27.5 Å². The van der Waals surface area contributed by atoms with Crippen molar-refractivity contribution in [3.05, 3.63) is 95.1 Å². The highest BCUT2D eigenvalue weighted by molar-refractivity contribution is 7.92. The van der Waals surface area contributed by atoms with Gasteiger partial charge in [-0.05, 0) is 63.4 Å². The van der Waals surface area contributed by atoms with Gasteiger partial charge in [-0.25, -0.2) is 8.42 Å². The van der Waals surface area contributed by atoms with E-state index in [0.717, 1.165) is 32.8 Å². The molecule has 0 aliphatic heterocycles. The van der Waals surface area contributed by atoms with Crippen LogP contribution in [-0.4, -0.2) is 56.6 Å². The summed E-state index contributed by atoms with van der Waals surface area (Å²) in [5, 5.41) is 3.03. The Balaban J connectivity index is 2.11. The number of rotatable bonds is 11. The van der Waals surface area contributed by atoms with Crippen LogP contribution >= 0.6 is 0 Å². The summed E-state index contributed by atoms with van der Waals surface area (Å²) in [6.07, 6.45) is 1.31. The van der Waals surface area contributed by atoms with Gasteiger partial charge in [0.05, 0.1) is 19.1 Å². The van der Waals surface area contributed by atoms with Crippen LogP contribution in [0.4, 0.5) is 5.69 Å². The summed E-state index contributed by atoms with van der Waals surface area (Å²) in [6, 6.07) is 21.4. The third kappa shape index (κ3) is 9.08. The molecule has 0 radical (unpaired) electrons. The summed E-state index contributed by atoms with van der Waals surface area (Å²) < 4.78 is 32.6. The number of amides is 2. The van der Waals surface area contributed by atoms with Crippen molar-refractivity contribution in [2.45, 2.75) is 59.2 Å². The fourth-order valence-corrected chi connectivity index (χ4v) is 5.33. The monoisotopic (exact) mass is 579 g/mol. The third-order valence-electron chi connectivity index (χ3n) is 6.53. The Hall–Kier alpha value is -3.85. The molecule has 0 unspecified atom stereocenters. The molecule has 0 heterocycles. The molecular formula is C32H41N3O5S. The lowest BCUT2D eigenvalue weighted by molar-refractivity contribution is -0.140. The summed E-state index contributed by atoms with van der Waals surface area (Å²) >= 11 is 0. The molecule has 9 heteroatoms. The van der Waals surface area contributed by atoms with E-state index < -0.39 is 34.1 Å². The summed E-state index contributed by atoms with van der Waals surface area (Å²) in [5.74, 6) is -0.504.